The van der Waals surface area contributed by atoms with Gasteiger partial charge in [0.25, 0.3) is 0 Å². The lowest BCUT2D eigenvalue weighted by Crippen LogP contribution is -2.25. The van der Waals surface area contributed by atoms with Crippen LogP contribution in [0.1, 0.15) is 25.7 Å². The maximum Gasteiger partial charge on any atom is 0.0573 e. The Morgan fingerprint density at radius 1 is 1.06 bits per heavy atom. The van der Waals surface area contributed by atoms with E-state index in [1.54, 1.807) is 0 Å². The van der Waals surface area contributed by atoms with Gasteiger partial charge in [0.15, 0.2) is 0 Å². The zero-order valence-electron chi connectivity index (χ0n) is 10.7. The van der Waals surface area contributed by atoms with Crippen molar-refractivity contribution in [2.45, 2.75) is 25.7 Å². The normalized spacial score (nSPS) is 23.8. The third-order valence-corrected chi connectivity index (χ3v) is 4.31. The maximum absolute atomic E-state index is 5.93. The van der Waals surface area contributed by atoms with Gasteiger partial charge in [-0.25, -0.2) is 0 Å². The largest absolute Gasteiger partial charge is 0.397 e. The van der Waals surface area contributed by atoms with Crippen molar-refractivity contribution in [2.75, 3.05) is 24.1 Å². The molecule has 0 unspecified atom stereocenters. The monoisotopic (exact) mass is 359 g/mol. The van der Waals surface area contributed by atoms with Crippen molar-refractivity contribution >= 4 is 34.2 Å². The molecule has 18 heavy (non-hydrogen) atoms. The molecule has 1 aromatic rings. The average molecular weight is 359 g/mol. The van der Waals surface area contributed by atoms with Gasteiger partial charge >= 0.3 is 0 Å². The zero-order valence-corrected chi connectivity index (χ0v) is 12.8. The van der Waals surface area contributed by atoms with Gasteiger partial charge in [0, 0.05) is 36.0 Å². The number of nitrogens with one attached hydrogen (secondary N) is 2. The molecule has 1 aliphatic rings. The number of nitrogens with two attached hydrogens (primary N) is 1. The Morgan fingerprint density at radius 2 is 1.67 bits per heavy atom. The van der Waals surface area contributed by atoms with Gasteiger partial charge in [-0.05, 0) is 49.7 Å². The van der Waals surface area contributed by atoms with Gasteiger partial charge in [0.05, 0.1) is 11.4 Å². The molecule has 0 heterocycles. The quantitative estimate of drug-likeness (QED) is 0.429. The molecule has 0 saturated heterocycles. The first kappa shape index (κ1) is 13.9. The molecule has 1 aromatic carbocycles. The Kier molecular flexibility index (Phi) is 5.56. The van der Waals surface area contributed by atoms with Crippen LogP contribution < -0.4 is 14.6 Å². The molecule has 0 atom stereocenters. The lowest BCUT2D eigenvalue weighted by molar-refractivity contribution is 0.287. The van der Waals surface area contributed by atoms with Crippen molar-refractivity contribution in [3.63, 3.8) is 0 Å². The number of rotatable bonds is 5. The molecule has 2 rings (SSSR count). The van der Waals surface area contributed by atoms with E-state index in [2.05, 4.69) is 37.8 Å². The van der Waals surface area contributed by atoms with E-state index in [1.165, 1.54) is 25.7 Å². The molecule has 3 nitrogen and oxygen atoms in total. The van der Waals surface area contributed by atoms with Crippen LogP contribution in [-0.2, 0) is 0 Å². The Bertz CT molecular complexity index is 362. The number of nitrogen functional groups attached to an aromatic ring is 1. The first-order valence-corrected chi connectivity index (χ1v) is 7.79. The van der Waals surface area contributed by atoms with E-state index in [0.717, 1.165) is 36.3 Å². The van der Waals surface area contributed by atoms with Crippen molar-refractivity contribution < 1.29 is 0 Å². The fraction of sp³-hybridized carbons (Fsp3) is 0.571. The van der Waals surface area contributed by atoms with E-state index in [9.17, 15) is 0 Å². The number of hydrogen-bond donors (Lipinski definition) is 3. The predicted octanol–water partition coefficient (Wildman–Crippen LogP) is 3.43. The van der Waals surface area contributed by atoms with Gasteiger partial charge in [-0.2, -0.15) is 0 Å². The fourth-order valence-electron chi connectivity index (χ4n) is 2.66. The Balaban J connectivity index is 1.74. The number of benzene rings is 1. The summed E-state index contributed by atoms with van der Waals surface area (Å²) in [6.45, 7) is 2.21. The highest BCUT2D eigenvalue weighted by Crippen LogP contribution is 2.29. The third kappa shape index (κ3) is 4.02. The van der Waals surface area contributed by atoms with Gasteiger partial charge < -0.3 is 11.1 Å². The van der Waals surface area contributed by atoms with E-state index in [1.807, 2.05) is 18.2 Å². The number of hydrogen-bond acceptors (Lipinski definition) is 3. The summed E-state index contributed by atoms with van der Waals surface area (Å²) in [4.78, 5) is 0. The summed E-state index contributed by atoms with van der Waals surface area (Å²) in [7, 11) is 0. The smallest absolute Gasteiger partial charge is 0.0573 e. The van der Waals surface area contributed by atoms with Crippen LogP contribution in [0.5, 0.6) is 0 Å². The Morgan fingerprint density at radius 3 is 2.28 bits per heavy atom. The van der Waals surface area contributed by atoms with Gasteiger partial charge in [0.2, 0.25) is 0 Å². The minimum atomic E-state index is 0.801. The minimum absolute atomic E-state index is 0.801. The number of halogens is 1. The summed E-state index contributed by atoms with van der Waals surface area (Å²) in [6.07, 6.45) is 5.38. The van der Waals surface area contributed by atoms with E-state index < -0.39 is 0 Å². The standard InChI is InChI=1S/C14H22IN3/c15-18-10-12-7-5-11(6-8-12)9-17-14-4-2-1-3-13(14)16/h1-4,11-12,17-18H,5-10,16H2/t11-,12-. The van der Waals surface area contributed by atoms with Crippen molar-refractivity contribution in [1.82, 2.24) is 3.53 Å². The van der Waals surface area contributed by atoms with Gasteiger partial charge in [-0.1, -0.05) is 12.1 Å². The number of para-hydroxylation sites is 2. The zero-order chi connectivity index (χ0) is 12.8. The predicted molar refractivity (Wildman–Crippen MR) is 86.8 cm³/mol. The lowest BCUT2D eigenvalue weighted by Gasteiger charge is -2.28. The summed E-state index contributed by atoms with van der Waals surface area (Å²) in [5, 5.41) is 3.49. The summed E-state index contributed by atoms with van der Waals surface area (Å²) in [6, 6.07) is 8.01. The summed E-state index contributed by atoms with van der Waals surface area (Å²) in [5.41, 5.74) is 7.85. The molecule has 4 N–H and O–H groups in total. The SMILES string of the molecule is Nc1ccccc1NC[C@H]1CC[C@H](CNI)CC1. The van der Waals surface area contributed by atoms with Gasteiger partial charge in [0.1, 0.15) is 0 Å². The summed E-state index contributed by atoms with van der Waals surface area (Å²) < 4.78 is 3.26. The first-order chi connectivity index (χ1) is 8.79. The van der Waals surface area contributed by atoms with Crippen LogP contribution in [0.3, 0.4) is 0 Å². The van der Waals surface area contributed by atoms with E-state index in [4.69, 9.17) is 5.73 Å². The second kappa shape index (κ2) is 7.19. The highest BCUT2D eigenvalue weighted by molar-refractivity contribution is 14.1. The molecule has 1 saturated carbocycles. The van der Waals surface area contributed by atoms with Gasteiger partial charge in [-0.15, -0.1) is 0 Å². The molecule has 1 aliphatic carbocycles. The van der Waals surface area contributed by atoms with Crippen LogP contribution >= 0.6 is 22.9 Å². The lowest BCUT2D eigenvalue weighted by atomic mass is 9.82. The molecule has 0 bridgehead atoms. The highest BCUT2D eigenvalue weighted by Gasteiger charge is 2.20. The molecule has 4 heteroatoms. The van der Waals surface area contributed by atoms with Crippen LogP contribution in [0.4, 0.5) is 11.4 Å². The Labute approximate surface area is 123 Å². The van der Waals surface area contributed by atoms with Gasteiger partial charge in [-0.3, -0.25) is 3.53 Å². The van der Waals surface area contributed by atoms with Crippen LogP contribution in [-0.4, -0.2) is 13.1 Å². The van der Waals surface area contributed by atoms with Crippen LogP contribution in [0.2, 0.25) is 0 Å². The molecule has 0 radical (unpaired) electrons. The molecular weight excluding hydrogens is 337 g/mol. The molecule has 0 amide bonds. The second-order valence-corrected chi connectivity index (χ2v) is 5.96. The van der Waals surface area contributed by atoms with Crippen molar-refractivity contribution in [3.05, 3.63) is 24.3 Å². The average Bonchev–Trinajstić information content (AvgIpc) is 2.40. The summed E-state index contributed by atoms with van der Waals surface area (Å²) in [5.74, 6) is 1.68. The van der Waals surface area contributed by atoms with E-state index >= 15 is 0 Å². The second-order valence-electron chi connectivity index (χ2n) is 5.19. The van der Waals surface area contributed by atoms with Crippen molar-refractivity contribution in [3.8, 4) is 0 Å². The molecule has 0 aromatic heterocycles. The van der Waals surface area contributed by atoms with Crippen molar-refractivity contribution in [1.29, 1.82) is 0 Å². The molecular formula is C14H22IN3. The minimum Gasteiger partial charge on any atom is -0.397 e. The molecule has 1 fully saturated rings. The fourth-order valence-corrected chi connectivity index (χ4v) is 3.28. The Hall–Kier alpha value is -0.490. The third-order valence-electron chi connectivity index (χ3n) is 3.87. The van der Waals surface area contributed by atoms with Crippen molar-refractivity contribution in [2.24, 2.45) is 11.8 Å². The van der Waals surface area contributed by atoms with Crippen LogP contribution in [0.25, 0.3) is 0 Å². The van der Waals surface area contributed by atoms with Crippen LogP contribution in [0.15, 0.2) is 24.3 Å². The molecule has 0 spiro atoms. The van der Waals surface area contributed by atoms with Crippen LogP contribution in [0, 0.1) is 11.8 Å². The number of anilines is 2. The summed E-state index contributed by atoms with van der Waals surface area (Å²) >= 11 is 2.25. The topological polar surface area (TPSA) is 50.1 Å². The van der Waals surface area contributed by atoms with E-state index in [0.29, 0.717) is 0 Å². The highest BCUT2D eigenvalue weighted by atomic mass is 127. The first-order valence-electron chi connectivity index (χ1n) is 6.71. The maximum atomic E-state index is 5.93. The molecule has 0 aliphatic heterocycles. The van der Waals surface area contributed by atoms with E-state index in [-0.39, 0.29) is 0 Å². The molecule has 100 valence electrons.